The standard InChI is InChI=1S/C38H43ClN8O5.C30H36BrClN6O4/c1-46-16-18-47(19-17-46)36(50)30-7-3-6-29(22-30)28-5-2-4-25(20-28)21-32(42-34(48)27-10-8-24(9-11-27)23-40-38(51)52)35(49)41-31-14-12-26(13-15-31)33-43-37(39)45-44-33;1-30(2,3)42-29(41)34-17-18-7-9-21(10-8-18)27(40)38(24(25(33)39)16-19-5-4-6-22(31)15-19)23-13-11-20(12-14-23)26-35-28(32)37-36-26/h2-7,12-15,20,22,24,27,32,40H,8-11,16-19,21,23H2,1H3,(H,41,49)(H,42,48)(H,51,52)(H,43,44,45);4-6,11-15,18,21,24H,7-10,16-17H2,1-3H3,(H2,33,39)(H,34,41)(H,35,36,37)/t24-,27-,32-;18-,21-,24-/m00/s1. The maximum absolute atomic E-state index is 14.2. The van der Waals surface area contributed by atoms with E-state index < -0.39 is 35.8 Å². The third kappa shape index (κ3) is 19.9. The number of aromatic nitrogens is 6. The van der Waals surface area contributed by atoms with Gasteiger partial charge in [-0.05, 0) is 209 Å². The van der Waals surface area contributed by atoms with Gasteiger partial charge in [0.25, 0.3) is 5.91 Å². The molecule has 0 unspecified atom stereocenters. The van der Waals surface area contributed by atoms with Crippen LogP contribution in [0.5, 0.6) is 0 Å². The lowest BCUT2D eigenvalue weighted by Gasteiger charge is -2.36. The van der Waals surface area contributed by atoms with Gasteiger partial charge >= 0.3 is 12.2 Å². The summed E-state index contributed by atoms with van der Waals surface area (Å²) < 4.78 is 6.21. The third-order valence-corrected chi connectivity index (χ3v) is 17.9. The van der Waals surface area contributed by atoms with Gasteiger partial charge in [-0.3, -0.25) is 28.9 Å². The van der Waals surface area contributed by atoms with Gasteiger partial charge in [-0.1, -0.05) is 64.5 Å². The van der Waals surface area contributed by atoms with Crippen LogP contribution in [0.2, 0.25) is 10.6 Å². The molecule has 0 spiro atoms. The summed E-state index contributed by atoms with van der Waals surface area (Å²) in [5.74, 6) is -0.482. The molecule has 0 radical (unpaired) electrons. The van der Waals surface area contributed by atoms with Crippen molar-refractivity contribution in [1.29, 1.82) is 0 Å². The molecule has 496 valence electrons. The van der Waals surface area contributed by atoms with Crippen LogP contribution in [0.15, 0.2) is 126 Å². The van der Waals surface area contributed by atoms with E-state index in [9.17, 15) is 33.6 Å². The van der Waals surface area contributed by atoms with Crippen molar-refractivity contribution < 1.29 is 43.4 Å². The number of hydrogen-bond acceptors (Lipinski definition) is 13. The molecule has 3 fully saturated rings. The van der Waals surface area contributed by atoms with E-state index in [-0.39, 0.29) is 70.7 Å². The Morgan fingerprint density at radius 3 is 1.77 bits per heavy atom. The fourth-order valence-electron chi connectivity index (χ4n) is 12.0. The number of carbonyl (C=O) groups excluding carboxylic acids is 6. The Kier molecular flexibility index (Phi) is 24.0. The zero-order valence-corrected chi connectivity index (χ0v) is 56.0. The number of halogens is 3. The number of amides is 7. The Morgan fingerprint density at radius 1 is 0.670 bits per heavy atom. The second kappa shape index (κ2) is 32.4. The maximum atomic E-state index is 14.2. The summed E-state index contributed by atoms with van der Waals surface area (Å²) in [5, 5.41) is 36.2. The first-order valence-corrected chi connectivity index (χ1v) is 33.0. The molecule has 0 bridgehead atoms. The fraction of sp³-hybridized carbons (Fsp3) is 0.397. The lowest BCUT2D eigenvalue weighted by Crippen LogP contribution is -2.52. The summed E-state index contributed by atoms with van der Waals surface area (Å²) in [6, 6.07) is 35.4. The molecule has 26 heteroatoms. The molecule has 2 aliphatic carbocycles. The number of alkyl carbamates (subject to hydrolysis) is 1. The van der Waals surface area contributed by atoms with Gasteiger partial charge in [0.05, 0.1) is 0 Å². The lowest BCUT2D eigenvalue weighted by molar-refractivity contribution is -0.130. The number of piperazine rings is 1. The van der Waals surface area contributed by atoms with Gasteiger partial charge in [0.1, 0.15) is 17.7 Å². The van der Waals surface area contributed by atoms with E-state index in [0.717, 1.165) is 76.6 Å². The average molecular weight is 1390 g/mol. The zero-order chi connectivity index (χ0) is 67.1. The van der Waals surface area contributed by atoms with E-state index in [4.69, 9.17) is 38.8 Å². The predicted octanol–water partition coefficient (Wildman–Crippen LogP) is 10.6. The number of nitrogens with zero attached hydrogens (tertiary/aromatic N) is 7. The summed E-state index contributed by atoms with van der Waals surface area (Å²) >= 11 is 15.3. The first kappa shape index (κ1) is 69.6. The van der Waals surface area contributed by atoms with Crippen molar-refractivity contribution in [3.63, 3.8) is 0 Å². The smallest absolute Gasteiger partial charge is 0.407 e. The van der Waals surface area contributed by atoms with Crippen LogP contribution in [0.4, 0.5) is 21.0 Å². The molecule has 2 aromatic heterocycles. The summed E-state index contributed by atoms with van der Waals surface area (Å²) in [5.41, 5.74) is 12.1. The normalized spacial score (nSPS) is 18.1. The van der Waals surface area contributed by atoms with Crippen molar-refractivity contribution >= 4 is 92.2 Å². The van der Waals surface area contributed by atoms with Crippen LogP contribution >= 0.6 is 39.1 Å². The van der Waals surface area contributed by atoms with Crippen molar-refractivity contribution in [3.05, 3.63) is 153 Å². The van der Waals surface area contributed by atoms with E-state index in [0.29, 0.717) is 80.4 Å². The molecule has 10 rings (SSSR count). The maximum Gasteiger partial charge on any atom is 0.407 e. The highest BCUT2D eigenvalue weighted by Gasteiger charge is 2.37. The highest BCUT2D eigenvalue weighted by molar-refractivity contribution is 9.10. The van der Waals surface area contributed by atoms with Crippen LogP contribution in [0.3, 0.4) is 0 Å². The minimum atomic E-state index is -1.05. The number of rotatable bonds is 20. The number of hydrogen-bond donors (Lipinski definition) is 8. The number of likely N-dealkylation sites (N-methyl/N-ethyl adjacent to an activating group) is 1. The number of primary amides is 1. The Morgan fingerprint density at radius 2 is 1.21 bits per heavy atom. The molecule has 1 aliphatic heterocycles. The van der Waals surface area contributed by atoms with Gasteiger partial charge in [0.2, 0.25) is 34.2 Å². The minimum absolute atomic E-state index is 0.00962. The lowest BCUT2D eigenvalue weighted by atomic mass is 9.81. The van der Waals surface area contributed by atoms with Crippen LogP contribution in [-0.4, -0.2) is 151 Å². The van der Waals surface area contributed by atoms with Crippen molar-refractivity contribution in [3.8, 4) is 33.9 Å². The Bertz CT molecular complexity index is 3770. The number of nitrogens with two attached hydrogens (primary N) is 1. The van der Waals surface area contributed by atoms with Gasteiger partial charge in [0, 0.05) is 96.5 Å². The largest absolute Gasteiger partial charge is 0.465 e. The van der Waals surface area contributed by atoms with E-state index >= 15 is 0 Å². The van der Waals surface area contributed by atoms with E-state index in [1.165, 1.54) is 0 Å². The van der Waals surface area contributed by atoms with Crippen LogP contribution in [0.25, 0.3) is 33.9 Å². The van der Waals surface area contributed by atoms with Crippen molar-refractivity contribution in [2.24, 2.45) is 29.4 Å². The molecular weight excluding hydrogens is 1310 g/mol. The first-order valence-electron chi connectivity index (χ1n) is 31.5. The Labute approximate surface area is 564 Å². The molecule has 7 amide bonds. The summed E-state index contributed by atoms with van der Waals surface area (Å²) in [4.78, 5) is 102. The summed E-state index contributed by atoms with van der Waals surface area (Å²) in [7, 11) is 2.06. The molecule has 3 heterocycles. The van der Waals surface area contributed by atoms with Crippen LogP contribution in [0, 0.1) is 23.7 Å². The van der Waals surface area contributed by atoms with Crippen LogP contribution in [0.1, 0.15) is 93.6 Å². The number of carboxylic acid groups (broad SMARTS) is 1. The average Bonchev–Trinajstić information content (AvgIpc) is 2.13. The van der Waals surface area contributed by atoms with Gasteiger partial charge in [-0.15, -0.1) is 20.4 Å². The number of carbonyl (C=O) groups is 7. The van der Waals surface area contributed by atoms with Gasteiger partial charge in [-0.25, -0.2) is 9.59 Å². The number of H-pyrrole nitrogens is 2. The number of ether oxygens (including phenoxy) is 1. The van der Waals surface area contributed by atoms with Crippen molar-refractivity contribution in [1.82, 2.24) is 56.1 Å². The van der Waals surface area contributed by atoms with Gasteiger partial charge < -0.3 is 56.6 Å². The predicted molar refractivity (Wildman–Crippen MR) is 363 cm³/mol. The zero-order valence-electron chi connectivity index (χ0n) is 52.9. The molecule has 5 aromatic carbocycles. The van der Waals surface area contributed by atoms with E-state index in [2.05, 4.69) is 79.5 Å². The summed E-state index contributed by atoms with van der Waals surface area (Å²) in [6.45, 7) is 9.37. The molecule has 94 heavy (non-hydrogen) atoms. The second-order valence-corrected chi connectivity index (χ2v) is 26.8. The quantitative estimate of drug-likeness (QED) is 0.0352. The second-order valence-electron chi connectivity index (χ2n) is 25.1. The Hall–Kier alpha value is -8.71. The van der Waals surface area contributed by atoms with E-state index in [1.54, 1.807) is 53.4 Å². The van der Waals surface area contributed by atoms with Crippen LogP contribution < -0.4 is 31.9 Å². The van der Waals surface area contributed by atoms with Gasteiger partial charge in [-0.2, -0.15) is 0 Å². The molecule has 9 N–H and O–H groups in total. The SMILES string of the molecule is CC(C)(C)OC(=O)NC[C@H]1CC[C@H](C(=O)N(c2ccc(-c3nnc(Cl)[nH]3)cc2)[C@@H](Cc2cccc(Br)c2)C(N)=O)CC1.CN1CCN(C(=O)c2cccc(-c3cccc(C[C@H](NC(=O)[C@H]4CC[C@H](CNC(=O)O)CC4)C(=O)Nc4ccc(-c5nnc(Cl)[nH]5)cc4)c3)c2)CC1. The van der Waals surface area contributed by atoms with E-state index in [1.807, 2.05) is 98.5 Å². The molecule has 3 aliphatic rings. The molecule has 2 saturated carbocycles. The third-order valence-electron chi connectivity index (χ3n) is 17.1. The highest BCUT2D eigenvalue weighted by atomic mass is 79.9. The molecular formula is C68H79BrCl2N14O9. The Balaban J connectivity index is 0.000000227. The number of nitrogens with one attached hydrogen (secondary N) is 6. The summed E-state index contributed by atoms with van der Waals surface area (Å²) in [6.07, 6.45) is 4.44. The molecule has 23 nitrogen and oxygen atoms in total. The fourth-order valence-corrected chi connectivity index (χ4v) is 12.7. The first-order chi connectivity index (χ1) is 45.0. The molecule has 2 atom stereocenters. The topological polar surface area (TPSA) is 316 Å². The molecule has 7 aromatic rings. The molecule has 1 saturated heterocycles. The number of anilines is 2. The van der Waals surface area contributed by atoms with Crippen LogP contribution in [-0.2, 0) is 36.8 Å². The van der Waals surface area contributed by atoms with Gasteiger partial charge in [0.15, 0.2) is 11.6 Å². The number of benzene rings is 5. The number of aromatic amines is 2. The minimum Gasteiger partial charge on any atom is -0.465 e. The van der Waals surface area contributed by atoms with Crippen molar-refractivity contribution in [2.45, 2.75) is 103 Å². The van der Waals surface area contributed by atoms with Crippen molar-refractivity contribution in [2.75, 3.05) is 56.5 Å². The monoisotopic (exact) mass is 1380 g/mol. The highest BCUT2D eigenvalue weighted by Crippen LogP contribution is 2.35.